The highest BCUT2D eigenvalue weighted by Crippen LogP contribution is 2.30. The molecule has 0 radical (unpaired) electrons. The highest BCUT2D eigenvalue weighted by atomic mass is 32.2. The van der Waals surface area contributed by atoms with Gasteiger partial charge in [0.05, 0.1) is 0 Å². The fourth-order valence-corrected chi connectivity index (χ4v) is 5.36. The van der Waals surface area contributed by atoms with Gasteiger partial charge in [0, 0.05) is 19.1 Å². The fourth-order valence-electron chi connectivity index (χ4n) is 2.24. The molecular weight excluding hydrogens is 256 g/mol. The zero-order valence-electron chi connectivity index (χ0n) is 9.93. The lowest BCUT2D eigenvalue weighted by Crippen LogP contribution is -2.34. The van der Waals surface area contributed by atoms with Crippen LogP contribution < -0.4 is 5.73 Å². The Morgan fingerprint density at radius 2 is 2.35 bits per heavy atom. The van der Waals surface area contributed by atoms with Gasteiger partial charge < -0.3 is 5.73 Å². The van der Waals surface area contributed by atoms with E-state index in [2.05, 4.69) is 0 Å². The summed E-state index contributed by atoms with van der Waals surface area (Å²) in [5, 5.41) is 1.82. The van der Waals surface area contributed by atoms with Crippen molar-refractivity contribution in [3.8, 4) is 0 Å². The molecule has 2 N–H and O–H groups in total. The van der Waals surface area contributed by atoms with Gasteiger partial charge in [-0.15, -0.1) is 11.3 Å². The van der Waals surface area contributed by atoms with Crippen LogP contribution in [0.4, 0.5) is 0 Å². The number of hydrogen-bond donors (Lipinski definition) is 1. The van der Waals surface area contributed by atoms with E-state index in [-0.39, 0.29) is 6.04 Å². The Labute approximate surface area is 106 Å². The molecule has 0 bridgehead atoms. The standard InChI is InChI=1S/C11H18N2O2S2/c1-2-10-4-3-5-13(10)17(14,15)11-6-9(7-12)8-16-11/h6,8,10H,2-5,7,12H2,1H3. The molecule has 0 spiro atoms. The van der Waals surface area contributed by atoms with Crippen molar-refractivity contribution in [2.75, 3.05) is 6.54 Å². The van der Waals surface area contributed by atoms with Crippen molar-refractivity contribution < 1.29 is 8.42 Å². The molecule has 1 aromatic rings. The minimum Gasteiger partial charge on any atom is -0.326 e. The fraction of sp³-hybridized carbons (Fsp3) is 0.636. The third kappa shape index (κ3) is 2.40. The van der Waals surface area contributed by atoms with E-state index in [9.17, 15) is 8.42 Å². The van der Waals surface area contributed by atoms with Gasteiger partial charge in [-0.1, -0.05) is 6.92 Å². The molecule has 1 aliphatic heterocycles. The third-order valence-corrected chi connectivity index (χ3v) is 6.64. The van der Waals surface area contributed by atoms with Gasteiger partial charge in [-0.25, -0.2) is 8.42 Å². The third-order valence-electron chi connectivity index (χ3n) is 3.22. The van der Waals surface area contributed by atoms with Gasteiger partial charge in [0.15, 0.2) is 0 Å². The number of nitrogens with two attached hydrogens (primary N) is 1. The highest BCUT2D eigenvalue weighted by molar-refractivity contribution is 7.91. The molecule has 17 heavy (non-hydrogen) atoms. The molecule has 1 saturated heterocycles. The van der Waals surface area contributed by atoms with Gasteiger partial charge in [0.2, 0.25) is 0 Å². The lowest BCUT2D eigenvalue weighted by Gasteiger charge is -2.21. The van der Waals surface area contributed by atoms with E-state index in [0.717, 1.165) is 24.8 Å². The molecule has 2 rings (SSSR count). The van der Waals surface area contributed by atoms with Gasteiger partial charge in [-0.2, -0.15) is 4.31 Å². The van der Waals surface area contributed by atoms with E-state index < -0.39 is 10.0 Å². The molecule has 1 aliphatic rings. The van der Waals surface area contributed by atoms with Crippen molar-refractivity contribution >= 4 is 21.4 Å². The molecule has 96 valence electrons. The molecule has 1 unspecified atom stereocenters. The summed E-state index contributed by atoms with van der Waals surface area (Å²) in [6.45, 7) is 3.08. The van der Waals surface area contributed by atoms with Crippen LogP contribution in [0.25, 0.3) is 0 Å². The van der Waals surface area contributed by atoms with Crippen molar-refractivity contribution in [1.29, 1.82) is 0 Å². The van der Waals surface area contributed by atoms with Crippen LogP contribution in [0.5, 0.6) is 0 Å². The minimum atomic E-state index is -3.29. The zero-order valence-corrected chi connectivity index (χ0v) is 11.6. The summed E-state index contributed by atoms with van der Waals surface area (Å²) >= 11 is 1.27. The Morgan fingerprint density at radius 1 is 1.59 bits per heavy atom. The van der Waals surface area contributed by atoms with Crippen molar-refractivity contribution in [3.05, 3.63) is 17.0 Å². The van der Waals surface area contributed by atoms with E-state index in [1.165, 1.54) is 11.3 Å². The monoisotopic (exact) mass is 274 g/mol. The summed E-state index contributed by atoms with van der Waals surface area (Å²) < 4.78 is 26.9. The van der Waals surface area contributed by atoms with E-state index in [1.54, 1.807) is 10.4 Å². The predicted molar refractivity (Wildman–Crippen MR) is 69.4 cm³/mol. The van der Waals surface area contributed by atoms with Crippen LogP contribution in [0.2, 0.25) is 0 Å². The molecule has 0 saturated carbocycles. The maximum atomic E-state index is 12.4. The molecule has 0 aliphatic carbocycles. The van der Waals surface area contributed by atoms with Crippen LogP contribution in [0, 0.1) is 0 Å². The Morgan fingerprint density at radius 3 is 2.94 bits per heavy atom. The zero-order chi connectivity index (χ0) is 12.5. The Bertz CT molecular complexity index is 481. The molecule has 1 aromatic heterocycles. The lowest BCUT2D eigenvalue weighted by atomic mass is 10.2. The second kappa shape index (κ2) is 5.06. The SMILES string of the molecule is CCC1CCCN1S(=O)(=O)c1cc(CN)cs1. The highest BCUT2D eigenvalue weighted by Gasteiger charge is 2.34. The second-order valence-corrected chi connectivity index (χ2v) is 7.33. The van der Waals surface area contributed by atoms with Crippen LogP contribution in [0.15, 0.2) is 15.7 Å². The first-order valence-corrected chi connectivity index (χ1v) is 8.21. The Balaban J connectivity index is 2.29. The van der Waals surface area contributed by atoms with Crippen LogP contribution in [-0.4, -0.2) is 25.3 Å². The quantitative estimate of drug-likeness (QED) is 0.910. The number of nitrogens with zero attached hydrogens (tertiary/aromatic N) is 1. The molecule has 1 fully saturated rings. The molecule has 0 amide bonds. The second-order valence-electron chi connectivity index (χ2n) is 4.30. The van der Waals surface area contributed by atoms with Gasteiger partial charge in [-0.3, -0.25) is 0 Å². The summed E-state index contributed by atoms with van der Waals surface area (Å²) in [4.78, 5) is 0. The Hall–Kier alpha value is -0.430. The summed E-state index contributed by atoms with van der Waals surface area (Å²) in [6.07, 6.45) is 2.83. The molecule has 1 atom stereocenters. The average molecular weight is 274 g/mol. The van der Waals surface area contributed by atoms with E-state index in [0.29, 0.717) is 17.3 Å². The van der Waals surface area contributed by atoms with Crippen molar-refractivity contribution in [2.24, 2.45) is 5.73 Å². The lowest BCUT2D eigenvalue weighted by molar-refractivity contribution is 0.380. The number of hydrogen-bond acceptors (Lipinski definition) is 4. The average Bonchev–Trinajstić information content (AvgIpc) is 2.97. The first-order chi connectivity index (χ1) is 8.09. The van der Waals surface area contributed by atoms with Gasteiger partial charge in [-0.05, 0) is 36.3 Å². The van der Waals surface area contributed by atoms with Gasteiger partial charge >= 0.3 is 0 Å². The number of thiophene rings is 1. The van der Waals surface area contributed by atoms with Crippen molar-refractivity contribution in [2.45, 2.75) is 43.0 Å². The van der Waals surface area contributed by atoms with Crippen LogP contribution in [0.3, 0.4) is 0 Å². The molecule has 6 heteroatoms. The topological polar surface area (TPSA) is 63.4 Å². The largest absolute Gasteiger partial charge is 0.326 e. The van der Waals surface area contributed by atoms with Gasteiger partial charge in [0.25, 0.3) is 10.0 Å². The first kappa shape index (κ1) is 13.0. The van der Waals surface area contributed by atoms with Crippen LogP contribution in [0.1, 0.15) is 31.7 Å². The minimum absolute atomic E-state index is 0.170. The summed E-state index contributed by atoms with van der Waals surface area (Å²) in [6, 6.07) is 1.87. The van der Waals surface area contributed by atoms with E-state index in [4.69, 9.17) is 5.73 Å². The molecular formula is C11H18N2O2S2. The van der Waals surface area contributed by atoms with Crippen molar-refractivity contribution in [1.82, 2.24) is 4.31 Å². The smallest absolute Gasteiger partial charge is 0.252 e. The maximum Gasteiger partial charge on any atom is 0.252 e. The van der Waals surface area contributed by atoms with Gasteiger partial charge in [0.1, 0.15) is 4.21 Å². The summed E-state index contributed by atoms with van der Waals surface area (Å²) in [5.74, 6) is 0. The first-order valence-electron chi connectivity index (χ1n) is 5.89. The van der Waals surface area contributed by atoms with E-state index >= 15 is 0 Å². The Kier molecular flexibility index (Phi) is 3.87. The molecule has 4 nitrogen and oxygen atoms in total. The van der Waals surface area contributed by atoms with Crippen LogP contribution in [-0.2, 0) is 16.6 Å². The summed E-state index contributed by atoms with van der Waals surface area (Å²) in [5.41, 5.74) is 6.40. The maximum absolute atomic E-state index is 12.4. The number of rotatable bonds is 4. The van der Waals surface area contributed by atoms with Crippen molar-refractivity contribution in [3.63, 3.8) is 0 Å². The molecule has 2 heterocycles. The molecule has 0 aromatic carbocycles. The normalized spacial score (nSPS) is 22.1. The summed E-state index contributed by atoms with van der Waals surface area (Å²) in [7, 11) is -3.29. The predicted octanol–water partition coefficient (Wildman–Crippen LogP) is 1.77. The number of sulfonamides is 1. The van der Waals surface area contributed by atoms with E-state index in [1.807, 2.05) is 12.3 Å². The van der Waals surface area contributed by atoms with Crippen LogP contribution >= 0.6 is 11.3 Å².